The minimum atomic E-state index is -0.906. The molecule has 18 heavy (non-hydrogen) atoms. The summed E-state index contributed by atoms with van der Waals surface area (Å²) in [5, 5.41) is 8.82. The monoisotopic (exact) mass is 271 g/mol. The zero-order valence-electron chi connectivity index (χ0n) is 10.0. The molecule has 0 aromatic heterocycles. The van der Waals surface area contributed by atoms with Crippen LogP contribution in [0.1, 0.15) is 34.8 Å². The Labute approximate surface area is 113 Å². The summed E-state index contributed by atoms with van der Waals surface area (Å²) in [6.07, 6.45) is 1.95. The fourth-order valence-electron chi connectivity index (χ4n) is 2.20. The molecule has 0 amide bonds. The van der Waals surface area contributed by atoms with Gasteiger partial charge in [0.05, 0.1) is 5.56 Å². The molecule has 1 aromatic rings. The third kappa shape index (κ3) is 3.45. The van der Waals surface area contributed by atoms with E-state index in [1.54, 1.807) is 12.1 Å². The van der Waals surface area contributed by atoms with E-state index < -0.39 is 5.97 Å². The van der Waals surface area contributed by atoms with Gasteiger partial charge < -0.3 is 15.6 Å². The van der Waals surface area contributed by atoms with Crippen molar-refractivity contribution in [2.75, 3.05) is 13.2 Å². The Hall–Kier alpha value is -1.10. The Bertz CT molecular complexity index is 388. The number of carboxylic acids is 1. The van der Waals surface area contributed by atoms with E-state index in [1.165, 1.54) is 0 Å². The molecule has 1 heterocycles. The molecular formula is C13H18ClNO3. The van der Waals surface area contributed by atoms with Crippen LogP contribution in [0.25, 0.3) is 0 Å². The molecular weight excluding hydrogens is 254 g/mol. The molecule has 0 aliphatic carbocycles. The number of carboxylic acid groups (broad SMARTS) is 1. The van der Waals surface area contributed by atoms with Gasteiger partial charge in [-0.25, -0.2) is 4.79 Å². The van der Waals surface area contributed by atoms with Gasteiger partial charge in [-0.2, -0.15) is 0 Å². The third-order valence-electron chi connectivity index (χ3n) is 3.32. The minimum Gasteiger partial charge on any atom is -0.478 e. The van der Waals surface area contributed by atoms with Crippen molar-refractivity contribution in [1.29, 1.82) is 0 Å². The Kier molecular flexibility index (Phi) is 5.59. The maximum atomic E-state index is 10.7. The standard InChI is InChI=1S/C13H17NO3.ClH/c14-12(10-5-7-17-8-6-10)9-1-3-11(4-2-9)13(15)16;/h1-4,10,12H,5-8,14H2,(H,15,16);1H/t12-;/m1./s1. The molecule has 100 valence electrons. The first-order valence-electron chi connectivity index (χ1n) is 5.85. The smallest absolute Gasteiger partial charge is 0.335 e. The summed E-state index contributed by atoms with van der Waals surface area (Å²) in [4.78, 5) is 10.7. The lowest BCUT2D eigenvalue weighted by Crippen LogP contribution is -2.27. The number of halogens is 1. The van der Waals surface area contributed by atoms with Crippen LogP contribution in [0.2, 0.25) is 0 Å². The SMILES string of the molecule is Cl.N[C@H](c1ccc(C(=O)O)cc1)C1CCOCC1. The maximum Gasteiger partial charge on any atom is 0.335 e. The molecule has 1 fully saturated rings. The van der Waals surface area contributed by atoms with Gasteiger partial charge in [-0.1, -0.05) is 12.1 Å². The number of hydrogen-bond acceptors (Lipinski definition) is 3. The lowest BCUT2D eigenvalue weighted by atomic mass is 9.87. The van der Waals surface area contributed by atoms with Crippen LogP contribution in [0.15, 0.2) is 24.3 Å². The largest absolute Gasteiger partial charge is 0.478 e. The lowest BCUT2D eigenvalue weighted by molar-refractivity contribution is 0.0584. The second kappa shape index (κ2) is 6.73. The fraction of sp³-hybridized carbons (Fsp3) is 0.462. The molecule has 0 saturated carbocycles. The Morgan fingerprint density at radius 2 is 1.83 bits per heavy atom. The molecule has 1 aliphatic rings. The molecule has 1 saturated heterocycles. The molecule has 4 nitrogen and oxygen atoms in total. The van der Waals surface area contributed by atoms with Crippen molar-refractivity contribution >= 4 is 18.4 Å². The van der Waals surface area contributed by atoms with Crippen molar-refractivity contribution in [2.24, 2.45) is 11.7 Å². The minimum absolute atomic E-state index is 0. The van der Waals surface area contributed by atoms with E-state index in [0.717, 1.165) is 31.6 Å². The van der Waals surface area contributed by atoms with E-state index in [4.69, 9.17) is 15.6 Å². The molecule has 5 heteroatoms. The molecule has 0 radical (unpaired) electrons. The van der Waals surface area contributed by atoms with Gasteiger partial charge in [0.1, 0.15) is 0 Å². The summed E-state index contributed by atoms with van der Waals surface area (Å²) < 4.78 is 5.30. The normalized spacial score (nSPS) is 17.8. The van der Waals surface area contributed by atoms with Crippen LogP contribution < -0.4 is 5.73 Å². The van der Waals surface area contributed by atoms with Crippen LogP contribution in [0.5, 0.6) is 0 Å². The number of aromatic carboxylic acids is 1. The summed E-state index contributed by atoms with van der Waals surface area (Å²) >= 11 is 0. The van der Waals surface area contributed by atoms with Crippen LogP contribution in [0.3, 0.4) is 0 Å². The third-order valence-corrected chi connectivity index (χ3v) is 3.32. The quantitative estimate of drug-likeness (QED) is 0.884. The maximum absolute atomic E-state index is 10.7. The summed E-state index contributed by atoms with van der Waals surface area (Å²) in [6, 6.07) is 6.81. The average Bonchev–Trinajstić information content (AvgIpc) is 2.39. The summed E-state index contributed by atoms with van der Waals surface area (Å²) in [6.45, 7) is 1.54. The molecule has 0 unspecified atom stereocenters. The lowest BCUT2D eigenvalue weighted by Gasteiger charge is -2.27. The van der Waals surface area contributed by atoms with Crippen molar-refractivity contribution in [3.8, 4) is 0 Å². The Morgan fingerprint density at radius 1 is 1.28 bits per heavy atom. The van der Waals surface area contributed by atoms with Crippen LogP contribution in [0, 0.1) is 5.92 Å². The predicted molar refractivity (Wildman–Crippen MR) is 71.1 cm³/mol. The highest BCUT2D eigenvalue weighted by Gasteiger charge is 2.22. The van der Waals surface area contributed by atoms with E-state index in [9.17, 15) is 4.79 Å². The zero-order chi connectivity index (χ0) is 12.3. The first-order chi connectivity index (χ1) is 8.18. The van der Waals surface area contributed by atoms with Crippen molar-refractivity contribution < 1.29 is 14.6 Å². The fourth-order valence-corrected chi connectivity index (χ4v) is 2.20. The van der Waals surface area contributed by atoms with E-state index in [1.807, 2.05) is 12.1 Å². The van der Waals surface area contributed by atoms with Crippen LogP contribution >= 0.6 is 12.4 Å². The highest BCUT2D eigenvalue weighted by molar-refractivity contribution is 5.87. The van der Waals surface area contributed by atoms with E-state index >= 15 is 0 Å². The molecule has 0 spiro atoms. The number of hydrogen-bond donors (Lipinski definition) is 2. The predicted octanol–water partition coefficient (Wildman–Crippen LogP) is 2.23. The zero-order valence-corrected chi connectivity index (χ0v) is 10.9. The topological polar surface area (TPSA) is 72.6 Å². The molecule has 1 aliphatic heterocycles. The van der Waals surface area contributed by atoms with E-state index in [2.05, 4.69) is 0 Å². The first-order valence-corrected chi connectivity index (χ1v) is 5.85. The van der Waals surface area contributed by atoms with Gasteiger partial charge in [-0.15, -0.1) is 12.4 Å². The van der Waals surface area contributed by atoms with Crippen molar-refractivity contribution in [3.05, 3.63) is 35.4 Å². The number of benzene rings is 1. The van der Waals surface area contributed by atoms with Crippen molar-refractivity contribution in [3.63, 3.8) is 0 Å². The van der Waals surface area contributed by atoms with E-state index in [0.29, 0.717) is 11.5 Å². The second-order valence-electron chi connectivity index (χ2n) is 4.40. The van der Waals surface area contributed by atoms with Crippen molar-refractivity contribution in [1.82, 2.24) is 0 Å². The Balaban J connectivity index is 0.00000162. The van der Waals surface area contributed by atoms with Crippen LogP contribution in [-0.4, -0.2) is 24.3 Å². The van der Waals surface area contributed by atoms with Gasteiger partial charge in [0.15, 0.2) is 0 Å². The Morgan fingerprint density at radius 3 is 2.33 bits per heavy atom. The number of carbonyl (C=O) groups is 1. The van der Waals surface area contributed by atoms with Crippen LogP contribution in [-0.2, 0) is 4.74 Å². The molecule has 1 aromatic carbocycles. The summed E-state index contributed by atoms with van der Waals surface area (Å²) in [5.74, 6) is -0.476. The first kappa shape index (κ1) is 15.0. The second-order valence-corrected chi connectivity index (χ2v) is 4.40. The summed E-state index contributed by atoms with van der Waals surface area (Å²) in [5.41, 5.74) is 7.49. The van der Waals surface area contributed by atoms with Gasteiger partial charge in [-0.05, 0) is 36.5 Å². The number of ether oxygens (including phenoxy) is 1. The molecule has 2 rings (SSSR count). The average molecular weight is 272 g/mol. The molecule has 0 bridgehead atoms. The number of rotatable bonds is 3. The highest BCUT2D eigenvalue weighted by atomic mass is 35.5. The van der Waals surface area contributed by atoms with Gasteiger partial charge in [0, 0.05) is 19.3 Å². The van der Waals surface area contributed by atoms with Gasteiger partial charge in [0.25, 0.3) is 0 Å². The van der Waals surface area contributed by atoms with Crippen molar-refractivity contribution in [2.45, 2.75) is 18.9 Å². The van der Waals surface area contributed by atoms with Crippen LogP contribution in [0.4, 0.5) is 0 Å². The highest BCUT2D eigenvalue weighted by Crippen LogP contribution is 2.28. The summed E-state index contributed by atoms with van der Waals surface area (Å²) in [7, 11) is 0. The van der Waals surface area contributed by atoms with Gasteiger partial charge in [-0.3, -0.25) is 0 Å². The molecule has 1 atom stereocenters. The van der Waals surface area contributed by atoms with Gasteiger partial charge >= 0.3 is 5.97 Å². The van der Waals surface area contributed by atoms with E-state index in [-0.39, 0.29) is 18.4 Å². The van der Waals surface area contributed by atoms with Gasteiger partial charge in [0.2, 0.25) is 0 Å². The molecule has 3 N–H and O–H groups in total. The number of nitrogens with two attached hydrogens (primary N) is 1.